The normalized spacial score (nSPS) is 11.0. The fraction of sp³-hybridized carbons (Fsp3) is 0.200. The van der Waals surface area contributed by atoms with Crippen molar-refractivity contribution in [3.8, 4) is 5.75 Å². The number of carboxylic acids is 2. The number of carbonyl (C=O) groups excluding carboxylic acids is 2. The summed E-state index contributed by atoms with van der Waals surface area (Å²) < 4.78 is 30.1. The molecule has 19 heavy (non-hydrogen) atoms. The van der Waals surface area contributed by atoms with Crippen molar-refractivity contribution < 1.29 is 33.0 Å². The Morgan fingerprint density at radius 2 is 1.95 bits per heavy atom. The number of ether oxygens (including phenoxy) is 1. The molecule has 104 valence electrons. The average Bonchev–Trinajstić information content (AvgIpc) is 2.35. The highest BCUT2D eigenvalue weighted by molar-refractivity contribution is 7.89. The maximum atomic E-state index is 11.8. The Morgan fingerprint density at radius 1 is 1.32 bits per heavy atom. The highest BCUT2D eigenvalue weighted by Crippen LogP contribution is 2.24. The van der Waals surface area contributed by atoms with Crippen molar-refractivity contribution in [3.05, 3.63) is 23.8 Å². The van der Waals surface area contributed by atoms with Gasteiger partial charge in [0.1, 0.15) is 10.6 Å². The van der Waals surface area contributed by atoms with Crippen molar-refractivity contribution >= 4 is 22.0 Å². The van der Waals surface area contributed by atoms with E-state index in [1.807, 2.05) is 0 Å². The molecule has 0 atom stereocenters. The molecule has 0 aliphatic carbocycles. The third-order valence-electron chi connectivity index (χ3n) is 2.10. The fourth-order valence-corrected chi connectivity index (χ4v) is 2.41. The van der Waals surface area contributed by atoms with E-state index in [1.54, 1.807) is 4.72 Å². The molecule has 0 aliphatic heterocycles. The minimum atomic E-state index is -4.24. The second-order valence-electron chi connectivity index (χ2n) is 3.35. The molecule has 1 N–H and O–H groups in total. The lowest BCUT2D eigenvalue weighted by Gasteiger charge is -2.13. The molecule has 0 saturated heterocycles. The van der Waals surface area contributed by atoms with E-state index < -0.39 is 33.4 Å². The summed E-state index contributed by atoms with van der Waals surface area (Å²) in [5.41, 5.74) is -0.380. The van der Waals surface area contributed by atoms with Crippen LogP contribution in [0.2, 0.25) is 0 Å². The van der Waals surface area contributed by atoms with Crippen LogP contribution < -0.4 is 19.7 Å². The Labute approximate surface area is 108 Å². The predicted octanol–water partition coefficient (Wildman–Crippen LogP) is -2.91. The Balaban J connectivity index is 3.26. The summed E-state index contributed by atoms with van der Waals surface area (Å²) in [5.74, 6) is -3.33. The first-order chi connectivity index (χ1) is 8.77. The van der Waals surface area contributed by atoms with Crippen LogP contribution in [-0.4, -0.2) is 34.0 Å². The first-order valence-electron chi connectivity index (χ1n) is 4.87. The molecule has 0 fully saturated rings. The Kier molecular flexibility index (Phi) is 4.46. The summed E-state index contributed by atoms with van der Waals surface area (Å²) in [6.07, 6.45) is 0. The number of nitrogens with one attached hydrogen (secondary N) is 1. The number of hydrogen-bond donors (Lipinski definition) is 1. The van der Waals surface area contributed by atoms with Gasteiger partial charge in [0.2, 0.25) is 10.0 Å². The van der Waals surface area contributed by atoms with E-state index in [1.165, 1.54) is 7.11 Å². The number of methoxy groups -OCH3 is 1. The first kappa shape index (κ1) is 14.9. The SMILES string of the molecule is COc1ccc(C(=O)[O-])cc1S(=O)(=O)NCC(=O)[O-]. The molecular weight excluding hydrogens is 278 g/mol. The lowest BCUT2D eigenvalue weighted by molar-refractivity contribution is -0.303. The van der Waals surface area contributed by atoms with Gasteiger partial charge in [0, 0.05) is 0 Å². The zero-order valence-corrected chi connectivity index (χ0v) is 10.5. The molecule has 8 nitrogen and oxygen atoms in total. The van der Waals surface area contributed by atoms with Crippen LogP contribution in [0.5, 0.6) is 5.75 Å². The van der Waals surface area contributed by atoms with E-state index >= 15 is 0 Å². The fourth-order valence-electron chi connectivity index (χ4n) is 1.25. The van der Waals surface area contributed by atoms with Gasteiger partial charge < -0.3 is 24.5 Å². The number of aliphatic carboxylic acids is 1. The summed E-state index contributed by atoms with van der Waals surface area (Å²) >= 11 is 0. The molecule has 0 heterocycles. The van der Waals surface area contributed by atoms with Gasteiger partial charge in [-0.2, -0.15) is 0 Å². The Hall–Kier alpha value is -2.13. The molecule has 9 heteroatoms. The quantitative estimate of drug-likeness (QED) is 0.592. The number of carbonyl (C=O) groups is 2. The zero-order valence-electron chi connectivity index (χ0n) is 9.71. The highest BCUT2D eigenvalue weighted by Gasteiger charge is 2.20. The number of benzene rings is 1. The number of sulfonamides is 1. The van der Waals surface area contributed by atoms with Gasteiger partial charge in [-0.05, 0) is 23.8 Å². The highest BCUT2D eigenvalue weighted by atomic mass is 32.2. The number of aromatic carboxylic acids is 1. The third-order valence-corrected chi connectivity index (χ3v) is 3.52. The van der Waals surface area contributed by atoms with Gasteiger partial charge >= 0.3 is 0 Å². The van der Waals surface area contributed by atoms with E-state index in [9.17, 15) is 28.2 Å². The topological polar surface area (TPSA) is 136 Å². The van der Waals surface area contributed by atoms with E-state index in [2.05, 4.69) is 0 Å². The van der Waals surface area contributed by atoms with Gasteiger partial charge in [0.05, 0.1) is 25.6 Å². The van der Waals surface area contributed by atoms with Gasteiger partial charge in [-0.1, -0.05) is 0 Å². The molecule has 1 rings (SSSR count). The van der Waals surface area contributed by atoms with Crippen molar-refractivity contribution in [1.82, 2.24) is 4.72 Å². The third kappa shape index (κ3) is 3.66. The van der Waals surface area contributed by atoms with Crippen LogP contribution in [0.25, 0.3) is 0 Å². The summed E-state index contributed by atoms with van der Waals surface area (Å²) in [4.78, 5) is 20.4. The number of hydrogen-bond acceptors (Lipinski definition) is 7. The van der Waals surface area contributed by atoms with Gasteiger partial charge in [-0.3, -0.25) is 0 Å². The van der Waals surface area contributed by atoms with Crippen LogP contribution in [0.4, 0.5) is 0 Å². The van der Waals surface area contributed by atoms with Crippen LogP contribution >= 0.6 is 0 Å². The zero-order chi connectivity index (χ0) is 14.6. The summed E-state index contributed by atoms with van der Waals surface area (Å²) in [5, 5.41) is 20.9. The standard InChI is InChI=1S/C10H11NO7S/c1-18-7-3-2-6(10(14)15)4-8(7)19(16,17)11-5-9(12)13/h2-4,11H,5H2,1H3,(H,12,13)(H,14,15)/p-2. The monoisotopic (exact) mass is 287 g/mol. The number of carboxylic acid groups (broad SMARTS) is 2. The molecule has 1 aromatic carbocycles. The van der Waals surface area contributed by atoms with Crippen molar-refractivity contribution in [2.24, 2.45) is 0 Å². The lowest BCUT2D eigenvalue weighted by atomic mass is 10.2. The van der Waals surface area contributed by atoms with Crippen LogP contribution in [0, 0.1) is 0 Å². The average molecular weight is 287 g/mol. The molecule has 1 aromatic rings. The van der Waals surface area contributed by atoms with E-state index in [0.29, 0.717) is 0 Å². The van der Waals surface area contributed by atoms with Crippen molar-refractivity contribution in [2.75, 3.05) is 13.7 Å². The van der Waals surface area contributed by atoms with E-state index in [0.717, 1.165) is 18.2 Å². The van der Waals surface area contributed by atoms with Crippen molar-refractivity contribution in [2.45, 2.75) is 4.90 Å². The van der Waals surface area contributed by atoms with Crippen LogP contribution in [-0.2, 0) is 14.8 Å². The van der Waals surface area contributed by atoms with Gasteiger partial charge in [0.15, 0.2) is 0 Å². The van der Waals surface area contributed by atoms with Crippen LogP contribution in [0.3, 0.4) is 0 Å². The van der Waals surface area contributed by atoms with Gasteiger partial charge in [-0.25, -0.2) is 13.1 Å². The summed E-state index contributed by atoms with van der Waals surface area (Å²) in [6.45, 7) is -0.943. The summed E-state index contributed by atoms with van der Waals surface area (Å²) in [7, 11) is -3.05. The predicted molar refractivity (Wildman–Crippen MR) is 57.5 cm³/mol. The first-order valence-corrected chi connectivity index (χ1v) is 6.35. The Bertz CT molecular complexity index is 608. The van der Waals surface area contributed by atoms with Gasteiger partial charge in [0.25, 0.3) is 0 Å². The number of rotatable bonds is 6. The molecule has 0 amide bonds. The van der Waals surface area contributed by atoms with Crippen LogP contribution in [0.1, 0.15) is 10.4 Å². The van der Waals surface area contributed by atoms with Crippen molar-refractivity contribution in [3.63, 3.8) is 0 Å². The van der Waals surface area contributed by atoms with Crippen LogP contribution in [0.15, 0.2) is 23.1 Å². The Morgan fingerprint density at radius 3 is 2.42 bits per heavy atom. The molecule has 0 unspecified atom stereocenters. The molecular formula is C10H9NO7S-2. The smallest absolute Gasteiger partial charge is 0.244 e. The summed E-state index contributed by atoms with van der Waals surface area (Å²) in [6, 6.07) is 3.04. The minimum Gasteiger partial charge on any atom is -0.549 e. The molecule has 0 radical (unpaired) electrons. The molecule has 0 spiro atoms. The van der Waals surface area contributed by atoms with Crippen molar-refractivity contribution in [1.29, 1.82) is 0 Å². The maximum Gasteiger partial charge on any atom is 0.244 e. The molecule has 0 saturated carbocycles. The second-order valence-corrected chi connectivity index (χ2v) is 5.09. The van der Waals surface area contributed by atoms with E-state index in [4.69, 9.17) is 4.74 Å². The maximum absolute atomic E-state index is 11.8. The minimum absolute atomic E-state index is 0.129. The molecule has 0 aromatic heterocycles. The lowest BCUT2D eigenvalue weighted by Crippen LogP contribution is -2.37. The second kappa shape index (κ2) is 5.67. The molecule has 0 bridgehead atoms. The van der Waals surface area contributed by atoms with Gasteiger partial charge in [-0.15, -0.1) is 0 Å². The largest absolute Gasteiger partial charge is 0.549 e. The molecule has 0 aliphatic rings. The van der Waals surface area contributed by atoms with E-state index in [-0.39, 0.29) is 11.3 Å².